The Balaban J connectivity index is 2.18. The number of furan rings is 1. The number of aromatic nitrogens is 2. The van der Waals surface area contributed by atoms with E-state index in [4.69, 9.17) is 15.6 Å². The number of nitrogens with zero attached hydrogens (tertiary/aromatic N) is 2. The van der Waals surface area contributed by atoms with Gasteiger partial charge in [-0.1, -0.05) is 13.0 Å². The summed E-state index contributed by atoms with van der Waals surface area (Å²) in [5, 5.41) is 8.72. The molecule has 0 saturated heterocycles. The summed E-state index contributed by atoms with van der Waals surface area (Å²) in [4.78, 5) is 9.77. The van der Waals surface area contributed by atoms with Crippen LogP contribution in [-0.4, -0.2) is 15.7 Å². The molecule has 0 aliphatic rings. The SMILES string of the molecule is CC(=N)c1sc(C(=C(C)[NH-])c2ccccn2)nc1-c1ccc(C)o1. The molecule has 3 aromatic heterocycles. The summed E-state index contributed by atoms with van der Waals surface area (Å²) in [7, 11) is 0. The Morgan fingerprint density at radius 1 is 1.21 bits per heavy atom. The molecule has 0 radical (unpaired) electrons. The highest BCUT2D eigenvalue weighted by atomic mass is 32.1. The molecule has 0 aliphatic heterocycles. The van der Waals surface area contributed by atoms with Gasteiger partial charge in [0.1, 0.15) is 16.5 Å². The van der Waals surface area contributed by atoms with Crippen LogP contribution in [-0.2, 0) is 0 Å². The number of allylic oxidation sites excluding steroid dienone is 1. The summed E-state index contributed by atoms with van der Waals surface area (Å²) in [6.45, 7) is 5.33. The molecular weight excluding hydrogens is 320 g/mol. The van der Waals surface area contributed by atoms with Gasteiger partial charge >= 0.3 is 0 Å². The zero-order chi connectivity index (χ0) is 17.3. The summed E-state index contributed by atoms with van der Waals surface area (Å²) in [6, 6.07) is 9.33. The average molecular weight is 337 g/mol. The van der Waals surface area contributed by atoms with Gasteiger partial charge in [-0.05, 0) is 38.1 Å². The predicted octanol–water partition coefficient (Wildman–Crippen LogP) is 5.33. The molecule has 3 aromatic rings. The molecule has 0 spiro atoms. The topological polar surface area (TPSA) is 86.6 Å². The van der Waals surface area contributed by atoms with Gasteiger partial charge in [-0.15, -0.1) is 11.3 Å². The van der Waals surface area contributed by atoms with Crippen molar-refractivity contribution in [2.45, 2.75) is 20.8 Å². The van der Waals surface area contributed by atoms with Crippen molar-refractivity contribution in [3.05, 3.63) is 69.3 Å². The fourth-order valence-corrected chi connectivity index (χ4v) is 3.47. The van der Waals surface area contributed by atoms with Gasteiger partial charge in [0.15, 0.2) is 5.76 Å². The first-order chi connectivity index (χ1) is 11.5. The highest BCUT2D eigenvalue weighted by Gasteiger charge is 2.20. The Labute approximate surface area is 144 Å². The molecule has 3 heterocycles. The summed E-state index contributed by atoms with van der Waals surface area (Å²) >= 11 is 1.39. The van der Waals surface area contributed by atoms with Crippen LogP contribution in [0.15, 0.2) is 46.6 Å². The minimum Gasteiger partial charge on any atom is -0.702 e. The lowest BCUT2D eigenvalue weighted by molar-refractivity contribution is 0.546. The van der Waals surface area contributed by atoms with Crippen LogP contribution < -0.4 is 0 Å². The summed E-state index contributed by atoms with van der Waals surface area (Å²) in [5.74, 6) is 1.44. The second-order valence-electron chi connectivity index (χ2n) is 5.45. The minimum absolute atomic E-state index is 0.388. The molecule has 0 aliphatic carbocycles. The van der Waals surface area contributed by atoms with Gasteiger partial charge < -0.3 is 15.6 Å². The molecule has 122 valence electrons. The number of rotatable bonds is 4. The molecule has 0 bridgehead atoms. The predicted molar refractivity (Wildman–Crippen MR) is 97.3 cm³/mol. The molecule has 0 unspecified atom stereocenters. The monoisotopic (exact) mass is 337 g/mol. The minimum atomic E-state index is 0.388. The Hall–Kier alpha value is -2.73. The maximum absolute atomic E-state index is 8.13. The first-order valence-corrected chi connectivity index (χ1v) is 8.26. The van der Waals surface area contributed by atoms with Crippen molar-refractivity contribution in [3.8, 4) is 11.5 Å². The second kappa shape index (κ2) is 6.41. The van der Waals surface area contributed by atoms with Crippen molar-refractivity contribution in [2.75, 3.05) is 0 Å². The first kappa shape index (κ1) is 16.1. The smallest absolute Gasteiger partial charge is 0.154 e. The van der Waals surface area contributed by atoms with E-state index in [-0.39, 0.29) is 0 Å². The number of hydrogen-bond donors (Lipinski definition) is 1. The van der Waals surface area contributed by atoms with Gasteiger partial charge in [-0.3, -0.25) is 4.98 Å². The Morgan fingerprint density at radius 2 is 2.00 bits per heavy atom. The molecule has 5 nitrogen and oxygen atoms in total. The molecule has 0 atom stereocenters. The van der Waals surface area contributed by atoms with Crippen molar-refractivity contribution in [3.63, 3.8) is 0 Å². The van der Waals surface area contributed by atoms with E-state index in [0.29, 0.717) is 39.1 Å². The van der Waals surface area contributed by atoms with Gasteiger partial charge in [0.2, 0.25) is 0 Å². The van der Waals surface area contributed by atoms with Gasteiger partial charge in [-0.2, -0.15) is 5.70 Å². The van der Waals surface area contributed by atoms with Crippen molar-refractivity contribution >= 4 is 22.6 Å². The largest absolute Gasteiger partial charge is 0.702 e. The van der Waals surface area contributed by atoms with Crippen molar-refractivity contribution in [2.24, 2.45) is 0 Å². The quantitative estimate of drug-likeness (QED) is 0.653. The van der Waals surface area contributed by atoms with Crippen LogP contribution in [0.1, 0.15) is 35.2 Å². The maximum atomic E-state index is 8.13. The first-order valence-electron chi connectivity index (χ1n) is 7.44. The number of nitrogens with one attached hydrogen (secondary N) is 2. The van der Waals surface area contributed by atoms with E-state index in [1.54, 1.807) is 20.0 Å². The number of pyridine rings is 1. The fourth-order valence-electron chi connectivity index (χ4n) is 2.38. The van der Waals surface area contributed by atoms with E-state index in [1.165, 1.54) is 11.3 Å². The summed E-state index contributed by atoms with van der Waals surface area (Å²) in [5.41, 5.74) is 11.0. The average Bonchev–Trinajstić information content (AvgIpc) is 3.15. The second-order valence-corrected chi connectivity index (χ2v) is 6.45. The van der Waals surface area contributed by atoms with E-state index >= 15 is 0 Å². The van der Waals surface area contributed by atoms with Crippen molar-refractivity contribution in [1.82, 2.24) is 9.97 Å². The van der Waals surface area contributed by atoms with Crippen LogP contribution in [0.4, 0.5) is 0 Å². The molecule has 0 saturated carbocycles. The van der Waals surface area contributed by atoms with E-state index in [1.807, 2.05) is 37.3 Å². The maximum Gasteiger partial charge on any atom is 0.154 e. The number of hydrogen-bond acceptors (Lipinski definition) is 5. The molecule has 0 amide bonds. The Kier molecular flexibility index (Phi) is 4.31. The van der Waals surface area contributed by atoms with Crippen molar-refractivity contribution < 1.29 is 4.42 Å². The highest BCUT2D eigenvalue weighted by Crippen LogP contribution is 2.36. The normalized spacial score (nSPS) is 12.1. The third kappa shape index (κ3) is 3.00. The number of aryl methyl sites for hydroxylation is 1. The van der Waals surface area contributed by atoms with Gasteiger partial charge in [-0.25, -0.2) is 4.98 Å². The molecule has 3 rings (SSSR count). The molecule has 6 heteroatoms. The molecule has 0 aromatic carbocycles. The van der Waals surface area contributed by atoms with Gasteiger partial charge in [0.05, 0.1) is 10.6 Å². The molecular formula is C18H17N4OS-. The zero-order valence-electron chi connectivity index (χ0n) is 13.7. The van der Waals surface area contributed by atoms with Crippen LogP contribution in [0.2, 0.25) is 0 Å². The van der Waals surface area contributed by atoms with Crippen molar-refractivity contribution in [1.29, 1.82) is 5.41 Å². The van der Waals surface area contributed by atoms with E-state index in [0.717, 1.165) is 10.6 Å². The lowest BCUT2D eigenvalue weighted by Crippen LogP contribution is -1.93. The van der Waals surface area contributed by atoms with Crippen LogP contribution in [0.5, 0.6) is 0 Å². The number of thiazole rings is 1. The lowest BCUT2D eigenvalue weighted by atomic mass is 10.1. The van der Waals surface area contributed by atoms with E-state index in [9.17, 15) is 0 Å². The van der Waals surface area contributed by atoms with Crippen LogP contribution >= 0.6 is 11.3 Å². The third-order valence-electron chi connectivity index (χ3n) is 3.45. The van der Waals surface area contributed by atoms with Crippen LogP contribution in [0.25, 0.3) is 22.8 Å². The van der Waals surface area contributed by atoms with Gasteiger partial charge in [0.25, 0.3) is 0 Å². The summed E-state index contributed by atoms with van der Waals surface area (Å²) < 4.78 is 5.69. The highest BCUT2D eigenvalue weighted by molar-refractivity contribution is 7.15. The Morgan fingerprint density at radius 3 is 2.54 bits per heavy atom. The van der Waals surface area contributed by atoms with E-state index < -0.39 is 0 Å². The third-order valence-corrected chi connectivity index (χ3v) is 4.64. The molecule has 24 heavy (non-hydrogen) atoms. The molecule has 0 fully saturated rings. The fraction of sp³-hybridized carbons (Fsp3) is 0.167. The molecule has 2 N–H and O–H groups in total. The summed E-state index contributed by atoms with van der Waals surface area (Å²) in [6.07, 6.45) is 1.70. The lowest BCUT2D eigenvalue weighted by Gasteiger charge is -2.11. The Bertz CT molecular complexity index is 918. The van der Waals surface area contributed by atoms with E-state index in [2.05, 4.69) is 9.97 Å². The van der Waals surface area contributed by atoms with Crippen LogP contribution in [0, 0.1) is 12.3 Å². The zero-order valence-corrected chi connectivity index (χ0v) is 14.5. The van der Waals surface area contributed by atoms with Gasteiger partial charge in [0, 0.05) is 17.5 Å². The van der Waals surface area contributed by atoms with Crippen LogP contribution in [0.3, 0.4) is 0 Å². The standard InChI is InChI=1S/C18H17N4OS/c1-10-7-8-14(23-10)16-17(12(3)20)24-18(22-16)15(11(2)19)13-6-4-5-9-21-13/h4-9,19-20H,1-3H3/q-1.